The van der Waals surface area contributed by atoms with E-state index in [9.17, 15) is 30.6 Å². The SMILES string of the molecule is C[C@@H]1CC[C@@]2(OC1)O[C@H]1C[C@H]3[C@@H]4CC=C5C[C@@H](O[C@H]6OC[C@H](O)[C@H](O)[C@H]6O[C@@H]6O[C@@H](C)[C@H](O)[C@@H](O)[C@H]6O)C[C@@H](O)[C@]5(C)[C@H]4CC[C@]3(C)[C@H]1[C@@H]2C. The van der Waals surface area contributed by atoms with Gasteiger partial charge in [-0.2, -0.15) is 0 Å². The van der Waals surface area contributed by atoms with E-state index in [4.69, 9.17) is 28.4 Å². The molecular formula is C38H60O12. The first-order valence-corrected chi connectivity index (χ1v) is 19.4. The highest BCUT2D eigenvalue weighted by molar-refractivity contribution is 5.28. The Morgan fingerprint density at radius 2 is 1.60 bits per heavy atom. The van der Waals surface area contributed by atoms with Gasteiger partial charge in [0, 0.05) is 24.2 Å². The van der Waals surface area contributed by atoms with E-state index in [1.165, 1.54) is 12.5 Å². The maximum Gasteiger partial charge on any atom is 0.187 e. The average Bonchev–Trinajstić information content (AvgIpc) is 3.53. The zero-order valence-corrected chi connectivity index (χ0v) is 30.2. The maximum absolute atomic E-state index is 12.0. The Morgan fingerprint density at radius 3 is 2.34 bits per heavy atom. The number of hydrogen-bond donors (Lipinski definition) is 6. The fourth-order valence-electron chi connectivity index (χ4n) is 12.3. The van der Waals surface area contributed by atoms with Crippen molar-refractivity contribution in [2.45, 2.75) is 165 Å². The Labute approximate surface area is 295 Å². The van der Waals surface area contributed by atoms with Crippen LogP contribution in [0.25, 0.3) is 0 Å². The van der Waals surface area contributed by atoms with Crippen molar-refractivity contribution in [3.63, 3.8) is 0 Å². The van der Waals surface area contributed by atoms with E-state index in [-0.39, 0.29) is 23.5 Å². The molecule has 12 nitrogen and oxygen atoms in total. The normalized spacial score (nSPS) is 59.3. The molecule has 284 valence electrons. The molecule has 50 heavy (non-hydrogen) atoms. The van der Waals surface area contributed by atoms with Gasteiger partial charge in [0.15, 0.2) is 18.4 Å². The molecule has 4 aliphatic heterocycles. The van der Waals surface area contributed by atoms with E-state index >= 15 is 0 Å². The lowest BCUT2D eigenvalue weighted by atomic mass is 9.46. The quantitative estimate of drug-likeness (QED) is 0.235. The molecule has 12 heteroatoms. The second-order valence-electron chi connectivity index (χ2n) is 17.9. The average molecular weight is 709 g/mol. The molecule has 6 N–H and O–H groups in total. The molecule has 1 spiro atoms. The molecule has 0 bridgehead atoms. The molecule has 4 heterocycles. The largest absolute Gasteiger partial charge is 0.392 e. The Hall–Kier alpha value is -0.740. The van der Waals surface area contributed by atoms with Crippen LogP contribution in [0.2, 0.25) is 0 Å². The van der Waals surface area contributed by atoms with Crippen molar-refractivity contribution in [1.29, 1.82) is 0 Å². The first kappa shape index (κ1) is 36.2. The topological polar surface area (TPSA) is 177 Å². The molecule has 4 aliphatic carbocycles. The van der Waals surface area contributed by atoms with Gasteiger partial charge in [-0.1, -0.05) is 39.3 Å². The van der Waals surface area contributed by atoms with E-state index in [0.717, 1.165) is 45.1 Å². The van der Waals surface area contributed by atoms with Crippen molar-refractivity contribution in [1.82, 2.24) is 0 Å². The van der Waals surface area contributed by atoms with Crippen LogP contribution in [0.1, 0.15) is 86.0 Å². The minimum Gasteiger partial charge on any atom is -0.392 e. The second-order valence-corrected chi connectivity index (χ2v) is 17.9. The summed E-state index contributed by atoms with van der Waals surface area (Å²) in [7, 11) is 0. The summed E-state index contributed by atoms with van der Waals surface area (Å²) in [5, 5.41) is 64.3. The number of allylic oxidation sites excluding steroid dienone is 1. The summed E-state index contributed by atoms with van der Waals surface area (Å²) in [5.41, 5.74) is 0.988. The van der Waals surface area contributed by atoms with Crippen LogP contribution in [-0.2, 0) is 28.4 Å². The van der Waals surface area contributed by atoms with Gasteiger partial charge in [0.25, 0.3) is 0 Å². The molecule has 4 saturated heterocycles. The molecule has 0 aromatic rings. The lowest BCUT2D eigenvalue weighted by molar-refractivity contribution is -0.358. The van der Waals surface area contributed by atoms with Gasteiger partial charge in [-0.15, -0.1) is 0 Å². The molecule has 8 rings (SSSR count). The lowest BCUT2D eigenvalue weighted by Gasteiger charge is -2.60. The number of aliphatic hydroxyl groups excluding tert-OH is 6. The van der Waals surface area contributed by atoms with Crippen LogP contribution in [0, 0.1) is 46.3 Å². The molecule has 0 unspecified atom stereocenters. The van der Waals surface area contributed by atoms with Gasteiger partial charge < -0.3 is 59.1 Å². The molecule has 0 aromatic heterocycles. The highest BCUT2D eigenvalue weighted by atomic mass is 16.8. The highest BCUT2D eigenvalue weighted by Gasteiger charge is 2.69. The molecule has 3 saturated carbocycles. The Bertz CT molecular complexity index is 1290. The summed E-state index contributed by atoms with van der Waals surface area (Å²) >= 11 is 0. The number of ether oxygens (including phenoxy) is 6. The first-order valence-electron chi connectivity index (χ1n) is 19.4. The summed E-state index contributed by atoms with van der Waals surface area (Å²) < 4.78 is 37.2. The second kappa shape index (κ2) is 12.9. The van der Waals surface area contributed by atoms with Crippen molar-refractivity contribution in [2.24, 2.45) is 46.3 Å². The van der Waals surface area contributed by atoms with E-state index in [0.29, 0.717) is 48.3 Å². The minimum atomic E-state index is -1.59. The summed E-state index contributed by atoms with van der Waals surface area (Å²) in [6.07, 6.45) is -2.98. The standard InChI is InChI=1S/C38H60O12/c1-17-8-11-38(46-15-17)18(2)28-26(50-38)14-24-22-7-6-20-12-21(13-27(40)37(20,5)23(22)9-10-36(24,28)4)48-35-33(30(42)25(39)16-45-35)49-34-32(44)31(43)29(41)19(3)47-34/h6,17-19,21-35,39-44H,7-16H2,1-5H3/t17-,18+,19+,21-,22-,23+,24+,25+,26+,27-,28+,29+,30+,31-,32-,33-,34+,35-,36+,37+,38-/m1/s1. The zero-order chi connectivity index (χ0) is 35.5. The van der Waals surface area contributed by atoms with Gasteiger partial charge in [0.05, 0.1) is 37.6 Å². The Kier molecular flexibility index (Phi) is 9.38. The van der Waals surface area contributed by atoms with Crippen molar-refractivity contribution in [2.75, 3.05) is 13.2 Å². The third-order valence-corrected chi connectivity index (χ3v) is 15.3. The van der Waals surface area contributed by atoms with Crippen LogP contribution >= 0.6 is 0 Å². The van der Waals surface area contributed by atoms with Gasteiger partial charge in [0.2, 0.25) is 0 Å². The van der Waals surface area contributed by atoms with E-state index in [2.05, 4.69) is 33.8 Å². The predicted octanol–water partition coefficient (Wildman–Crippen LogP) is 2.00. The van der Waals surface area contributed by atoms with E-state index in [1.54, 1.807) is 0 Å². The third-order valence-electron chi connectivity index (χ3n) is 15.3. The van der Waals surface area contributed by atoms with Gasteiger partial charge in [0.1, 0.15) is 36.6 Å². The van der Waals surface area contributed by atoms with Crippen LogP contribution in [0.4, 0.5) is 0 Å². The molecule has 0 radical (unpaired) electrons. The number of aliphatic hydroxyl groups is 6. The van der Waals surface area contributed by atoms with Crippen molar-refractivity contribution in [3.8, 4) is 0 Å². The Morgan fingerprint density at radius 1 is 0.820 bits per heavy atom. The van der Waals surface area contributed by atoms with Crippen molar-refractivity contribution >= 4 is 0 Å². The molecular weight excluding hydrogens is 648 g/mol. The monoisotopic (exact) mass is 708 g/mol. The summed E-state index contributed by atoms with van der Waals surface area (Å²) in [6.45, 7) is 11.5. The molecule has 21 atom stereocenters. The Balaban J connectivity index is 0.968. The zero-order valence-electron chi connectivity index (χ0n) is 30.2. The van der Waals surface area contributed by atoms with Crippen molar-refractivity contribution in [3.05, 3.63) is 11.6 Å². The number of fused-ring (bicyclic) bond motifs is 7. The van der Waals surface area contributed by atoms with Gasteiger partial charge in [-0.3, -0.25) is 0 Å². The van der Waals surface area contributed by atoms with Crippen LogP contribution in [0.5, 0.6) is 0 Å². The third kappa shape index (κ3) is 5.45. The number of hydrogen-bond acceptors (Lipinski definition) is 12. The van der Waals surface area contributed by atoms with Gasteiger partial charge >= 0.3 is 0 Å². The molecule has 0 aromatic carbocycles. The smallest absolute Gasteiger partial charge is 0.187 e. The van der Waals surface area contributed by atoms with Gasteiger partial charge in [-0.25, -0.2) is 0 Å². The summed E-state index contributed by atoms with van der Waals surface area (Å²) in [4.78, 5) is 0. The predicted molar refractivity (Wildman–Crippen MR) is 177 cm³/mol. The van der Waals surface area contributed by atoms with Crippen LogP contribution in [-0.4, -0.2) is 123 Å². The van der Waals surface area contributed by atoms with Crippen molar-refractivity contribution < 1.29 is 59.1 Å². The fraction of sp³-hybridized carbons (Fsp3) is 0.947. The fourth-order valence-corrected chi connectivity index (χ4v) is 12.3. The van der Waals surface area contributed by atoms with Crippen LogP contribution in [0.3, 0.4) is 0 Å². The lowest BCUT2D eigenvalue weighted by Crippen LogP contribution is -2.62. The van der Waals surface area contributed by atoms with E-state index in [1.807, 2.05) is 0 Å². The molecule has 7 fully saturated rings. The number of rotatable bonds is 4. The minimum absolute atomic E-state index is 0.175. The van der Waals surface area contributed by atoms with E-state index < -0.39 is 73.3 Å². The van der Waals surface area contributed by atoms with Crippen LogP contribution in [0.15, 0.2) is 11.6 Å². The summed E-state index contributed by atoms with van der Waals surface area (Å²) in [6, 6.07) is 0. The molecule has 8 aliphatic rings. The highest BCUT2D eigenvalue weighted by Crippen LogP contribution is 2.70. The first-order chi connectivity index (χ1) is 23.7. The van der Waals surface area contributed by atoms with Gasteiger partial charge in [-0.05, 0) is 80.5 Å². The molecule has 0 amide bonds. The summed E-state index contributed by atoms with van der Waals surface area (Å²) in [5.74, 6) is 2.32. The maximum atomic E-state index is 12.0. The van der Waals surface area contributed by atoms with Crippen LogP contribution < -0.4 is 0 Å².